The number of carbonyl (C=O) groups is 2. The van der Waals surface area contributed by atoms with Crippen molar-refractivity contribution in [1.29, 1.82) is 0 Å². The monoisotopic (exact) mass is 416 g/mol. The standard InChI is InChI=1S/C25H28N4O2/c1-17-11-10-16-22(28-24(30)26-18(2)20-12-6-4-7-13-20)23(17)29-25(31)27-19(3)21-14-8-5-9-15-21/h4-16,18-19H,1-3H3,(H2,26,28,30)(H2,27,29,31). The van der Waals surface area contributed by atoms with E-state index in [2.05, 4.69) is 21.3 Å². The fourth-order valence-corrected chi connectivity index (χ4v) is 3.29. The van der Waals surface area contributed by atoms with Gasteiger partial charge in [0, 0.05) is 0 Å². The number of urea groups is 2. The van der Waals surface area contributed by atoms with Gasteiger partial charge in [-0.25, -0.2) is 9.59 Å². The molecule has 4 N–H and O–H groups in total. The van der Waals surface area contributed by atoms with Crippen LogP contribution in [0.5, 0.6) is 0 Å². The molecule has 0 heterocycles. The van der Waals surface area contributed by atoms with Crippen LogP contribution in [0.25, 0.3) is 0 Å². The molecule has 0 aromatic heterocycles. The first kappa shape index (κ1) is 21.9. The van der Waals surface area contributed by atoms with Crippen LogP contribution in [0.15, 0.2) is 78.9 Å². The minimum absolute atomic E-state index is 0.155. The van der Waals surface area contributed by atoms with Gasteiger partial charge in [0.1, 0.15) is 0 Å². The van der Waals surface area contributed by atoms with Crippen molar-refractivity contribution in [3.8, 4) is 0 Å². The van der Waals surface area contributed by atoms with Crippen molar-refractivity contribution < 1.29 is 9.59 Å². The van der Waals surface area contributed by atoms with E-state index >= 15 is 0 Å². The van der Waals surface area contributed by atoms with Gasteiger partial charge >= 0.3 is 12.1 Å². The highest BCUT2D eigenvalue weighted by Crippen LogP contribution is 2.26. The summed E-state index contributed by atoms with van der Waals surface area (Å²) < 4.78 is 0. The Kier molecular flexibility index (Phi) is 7.27. The molecule has 6 heteroatoms. The average molecular weight is 417 g/mol. The molecule has 6 nitrogen and oxygen atoms in total. The Labute approximate surface area is 183 Å². The van der Waals surface area contributed by atoms with E-state index in [1.807, 2.05) is 93.6 Å². The van der Waals surface area contributed by atoms with Crippen LogP contribution in [0, 0.1) is 6.92 Å². The Balaban J connectivity index is 1.65. The number of hydrogen-bond donors (Lipinski definition) is 4. The van der Waals surface area contributed by atoms with Gasteiger partial charge < -0.3 is 21.3 Å². The van der Waals surface area contributed by atoms with Crippen molar-refractivity contribution >= 4 is 23.4 Å². The number of carbonyl (C=O) groups excluding carboxylic acids is 2. The van der Waals surface area contributed by atoms with Gasteiger partial charge in [0.15, 0.2) is 0 Å². The van der Waals surface area contributed by atoms with Crippen molar-refractivity contribution in [3.05, 3.63) is 95.6 Å². The predicted octanol–water partition coefficient (Wildman–Crippen LogP) is 5.76. The third kappa shape index (κ3) is 6.09. The summed E-state index contributed by atoms with van der Waals surface area (Å²) in [7, 11) is 0. The molecule has 0 spiro atoms. The number of anilines is 2. The first-order chi connectivity index (χ1) is 14.9. The summed E-state index contributed by atoms with van der Waals surface area (Å²) in [6, 6.07) is 23.9. The van der Waals surface area contributed by atoms with Gasteiger partial charge in [-0.3, -0.25) is 0 Å². The van der Waals surface area contributed by atoms with Gasteiger partial charge in [-0.15, -0.1) is 0 Å². The second-order valence-corrected chi connectivity index (χ2v) is 7.46. The van der Waals surface area contributed by atoms with Gasteiger partial charge in [-0.1, -0.05) is 72.8 Å². The van der Waals surface area contributed by atoms with E-state index in [1.165, 1.54) is 0 Å². The second-order valence-electron chi connectivity index (χ2n) is 7.46. The maximum absolute atomic E-state index is 12.6. The molecule has 0 aliphatic carbocycles. The van der Waals surface area contributed by atoms with Crippen molar-refractivity contribution in [2.45, 2.75) is 32.9 Å². The third-order valence-electron chi connectivity index (χ3n) is 5.05. The molecule has 31 heavy (non-hydrogen) atoms. The van der Waals surface area contributed by atoms with Crippen LogP contribution < -0.4 is 21.3 Å². The highest BCUT2D eigenvalue weighted by molar-refractivity contribution is 5.99. The minimum Gasteiger partial charge on any atom is -0.331 e. The van der Waals surface area contributed by atoms with Crippen molar-refractivity contribution in [2.24, 2.45) is 0 Å². The van der Waals surface area contributed by atoms with Gasteiger partial charge in [-0.05, 0) is 43.5 Å². The highest BCUT2D eigenvalue weighted by atomic mass is 16.2. The number of amides is 4. The number of nitrogens with one attached hydrogen (secondary N) is 4. The Morgan fingerprint density at radius 3 is 1.65 bits per heavy atom. The van der Waals surface area contributed by atoms with Crippen LogP contribution >= 0.6 is 0 Å². The molecule has 4 amide bonds. The lowest BCUT2D eigenvalue weighted by Gasteiger charge is -2.19. The molecule has 3 rings (SSSR count). The second kappa shape index (κ2) is 10.3. The summed E-state index contributed by atoms with van der Waals surface area (Å²) >= 11 is 0. The van der Waals surface area contributed by atoms with E-state index in [1.54, 1.807) is 6.07 Å². The Bertz CT molecular complexity index is 1020. The van der Waals surface area contributed by atoms with Crippen molar-refractivity contribution in [2.75, 3.05) is 10.6 Å². The highest BCUT2D eigenvalue weighted by Gasteiger charge is 2.15. The molecule has 0 fully saturated rings. The van der Waals surface area contributed by atoms with Gasteiger partial charge in [-0.2, -0.15) is 0 Å². The van der Waals surface area contributed by atoms with Crippen LogP contribution in [0.2, 0.25) is 0 Å². The van der Waals surface area contributed by atoms with E-state index in [-0.39, 0.29) is 24.1 Å². The number of aryl methyl sites for hydroxylation is 1. The van der Waals surface area contributed by atoms with E-state index in [0.29, 0.717) is 11.4 Å². The van der Waals surface area contributed by atoms with Crippen molar-refractivity contribution in [3.63, 3.8) is 0 Å². The van der Waals surface area contributed by atoms with Crippen LogP contribution in [0.3, 0.4) is 0 Å². The molecule has 3 aromatic rings. The Morgan fingerprint density at radius 2 is 1.13 bits per heavy atom. The SMILES string of the molecule is Cc1cccc(NC(=O)NC(C)c2ccccc2)c1NC(=O)NC(C)c1ccccc1. The zero-order chi connectivity index (χ0) is 22.2. The maximum atomic E-state index is 12.6. The zero-order valence-corrected chi connectivity index (χ0v) is 18.0. The molecule has 0 radical (unpaired) electrons. The first-order valence-corrected chi connectivity index (χ1v) is 10.3. The summed E-state index contributed by atoms with van der Waals surface area (Å²) in [5.41, 5.74) is 3.95. The summed E-state index contributed by atoms with van der Waals surface area (Å²) in [4.78, 5) is 25.2. The number of benzene rings is 3. The number of hydrogen-bond acceptors (Lipinski definition) is 2. The first-order valence-electron chi connectivity index (χ1n) is 10.3. The van der Waals surface area contributed by atoms with Gasteiger partial charge in [0.2, 0.25) is 0 Å². The molecule has 2 unspecified atom stereocenters. The normalized spacial score (nSPS) is 12.4. The van der Waals surface area contributed by atoms with E-state index in [9.17, 15) is 9.59 Å². The fraction of sp³-hybridized carbons (Fsp3) is 0.200. The average Bonchev–Trinajstić information content (AvgIpc) is 2.77. The minimum atomic E-state index is -0.344. The van der Waals surface area contributed by atoms with E-state index in [0.717, 1.165) is 16.7 Å². The smallest absolute Gasteiger partial charge is 0.319 e. The molecule has 0 aliphatic heterocycles. The van der Waals surface area contributed by atoms with E-state index < -0.39 is 0 Å². The molecule has 0 saturated heterocycles. The van der Waals surface area contributed by atoms with Crippen LogP contribution in [-0.4, -0.2) is 12.1 Å². The molecular weight excluding hydrogens is 388 g/mol. The maximum Gasteiger partial charge on any atom is 0.319 e. The topological polar surface area (TPSA) is 82.3 Å². The van der Waals surface area contributed by atoms with Crippen molar-refractivity contribution in [1.82, 2.24) is 10.6 Å². The van der Waals surface area contributed by atoms with Crippen LogP contribution in [0.4, 0.5) is 21.0 Å². The summed E-state index contributed by atoms with van der Waals surface area (Å²) in [6.07, 6.45) is 0. The van der Waals surface area contributed by atoms with E-state index in [4.69, 9.17) is 0 Å². The molecule has 0 aliphatic rings. The Hall–Kier alpha value is -3.80. The lowest BCUT2D eigenvalue weighted by Crippen LogP contribution is -2.33. The molecule has 3 aromatic carbocycles. The lowest BCUT2D eigenvalue weighted by molar-refractivity contribution is 0.248. The van der Waals surface area contributed by atoms with Crippen LogP contribution in [0.1, 0.15) is 42.6 Å². The quantitative estimate of drug-likeness (QED) is 0.412. The predicted molar refractivity (Wildman–Crippen MR) is 125 cm³/mol. The molecule has 160 valence electrons. The zero-order valence-electron chi connectivity index (χ0n) is 18.0. The van der Waals surface area contributed by atoms with Gasteiger partial charge in [0.25, 0.3) is 0 Å². The summed E-state index contributed by atoms with van der Waals surface area (Å²) in [5.74, 6) is 0. The molecule has 2 atom stereocenters. The largest absolute Gasteiger partial charge is 0.331 e. The molecule has 0 saturated carbocycles. The molecular formula is C25H28N4O2. The molecule has 0 bridgehead atoms. The summed E-state index contributed by atoms with van der Waals surface area (Å²) in [5, 5.41) is 11.6. The third-order valence-corrected chi connectivity index (χ3v) is 5.05. The van der Waals surface area contributed by atoms with Crippen LogP contribution in [-0.2, 0) is 0 Å². The van der Waals surface area contributed by atoms with Gasteiger partial charge in [0.05, 0.1) is 23.5 Å². The number of rotatable bonds is 6. The lowest BCUT2D eigenvalue weighted by atomic mass is 10.1. The number of para-hydroxylation sites is 1. The Morgan fingerprint density at radius 1 is 0.645 bits per heavy atom. The summed E-state index contributed by atoms with van der Waals surface area (Å²) in [6.45, 7) is 5.72. The fourth-order valence-electron chi connectivity index (χ4n) is 3.29.